The maximum Gasteiger partial charge on any atom is 0.0559 e. The molecule has 2 heteroatoms. The molecule has 0 aliphatic rings. The van der Waals surface area contributed by atoms with Gasteiger partial charge >= 0.3 is 0 Å². The van der Waals surface area contributed by atoms with Crippen LogP contribution in [-0.4, -0.2) is 25.8 Å². The molecular weight excluding hydrogens is 174 g/mol. The molecule has 0 spiro atoms. The van der Waals surface area contributed by atoms with Crippen molar-refractivity contribution in [1.82, 2.24) is 5.32 Å². The molecule has 0 saturated carbocycles. The minimum Gasteiger partial charge on any atom is -0.378 e. The first-order valence-corrected chi connectivity index (χ1v) is 5.84. The lowest BCUT2D eigenvalue weighted by molar-refractivity contribution is 0.0426. The minimum absolute atomic E-state index is 0.386. The molecule has 0 aliphatic heterocycles. The largest absolute Gasteiger partial charge is 0.378 e. The summed E-state index contributed by atoms with van der Waals surface area (Å²) in [6, 6.07) is 0. The van der Waals surface area contributed by atoms with E-state index in [0.29, 0.717) is 12.0 Å². The van der Waals surface area contributed by atoms with Crippen LogP contribution in [-0.2, 0) is 4.74 Å². The highest BCUT2D eigenvalue weighted by atomic mass is 16.5. The molecule has 0 amide bonds. The van der Waals surface area contributed by atoms with Crippen molar-refractivity contribution >= 4 is 0 Å². The van der Waals surface area contributed by atoms with Crippen LogP contribution in [0, 0.1) is 11.8 Å². The van der Waals surface area contributed by atoms with E-state index in [0.717, 1.165) is 32.0 Å². The van der Waals surface area contributed by atoms with Crippen LogP contribution in [0.15, 0.2) is 0 Å². The molecule has 86 valence electrons. The SMILES string of the molecule is CC(C)CNCCC(C)OCC(C)C. The Hall–Kier alpha value is -0.0800. The topological polar surface area (TPSA) is 21.3 Å². The van der Waals surface area contributed by atoms with Crippen molar-refractivity contribution in [1.29, 1.82) is 0 Å². The number of hydrogen-bond donors (Lipinski definition) is 1. The number of hydrogen-bond acceptors (Lipinski definition) is 2. The van der Waals surface area contributed by atoms with E-state index in [2.05, 4.69) is 39.9 Å². The van der Waals surface area contributed by atoms with Crippen molar-refractivity contribution in [2.24, 2.45) is 11.8 Å². The van der Waals surface area contributed by atoms with Gasteiger partial charge in [-0.05, 0) is 38.3 Å². The Morgan fingerprint density at radius 3 is 2.14 bits per heavy atom. The predicted octanol–water partition coefficient (Wildman–Crippen LogP) is 2.68. The molecule has 0 aliphatic carbocycles. The van der Waals surface area contributed by atoms with E-state index >= 15 is 0 Å². The van der Waals surface area contributed by atoms with Gasteiger partial charge in [-0.1, -0.05) is 27.7 Å². The van der Waals surface area contributed by atoms with Gasteiger partial charge in [0.2, 0.25) is 0 Å². The van der Waals surface area contributed by atoms with Crippen LogP contribution in [0.25, 0.3) is 0 Å². The van der Waals surface area contributed by atoms with E-state index in [1.165, 1.54) is 0 Å². The predicted molar refractivity (Wildman–Crippen MR) is 62.6 cm³/mol. The van der Waals surface area contributed by atoms with Crippen molar-refractivity contribution in [3.05, 3.63) is 0 Å². The fraction of sp³-hybridized carbons (Fsp3) is 1.00. The molecule has 0 bridgehead atoms. The van der Waals surface area contributed by atoms with Crippen molar-refractivity contribution < 1.29 is 4.74 Å². The number of ether oxygens (including phenoxy) is 1. The molecule has 0 heterocycles. The summed E-state index contributed by atoms with van der Waals surface area (Å²) in [7, 11) is 0. The van der Waals surface area contributed by atoms with Gasteiger partial charge in [-0.2, -0.15) is 0 Å². The summed E-state index contributed by atoms with van der Waals surface area (Å²) >= 11 is 0. The summed E-state index contributed by atoms with van der Waals surface area (Å²) < 4.78 is 5.67. The van der Waals surface area contributed by atoms with Gasteiger partial charge in [0, 0.05) is 6.61 Å². The van der Waals surface area contributed by atoms with Gasteiger partial charge in [0.15, 0.2) is 0 Å². The highest BCUT2D eigenvalue weighted by Gasteiger charge is 2.03. The Bertz CT molecular complexity index is 123. The van der Waals surface area contributed by atoms with E-state index in [9.17, 15) is 0 Å². The average molecular weight is 201 g/mol. The maximum absolute atomic E-state index is 5.67. The molecule has 2 nitrogen and oxygen atoms in total. The molecule has 0 saturated heterocycles. The first-order valence-electron chi connectivity index (χ1n) is 5.84. The summed E-state index contributed by atoms with van der Waals surface area (Å²) in [5, 5.41) is 3.42. The Morgan fingerprint density at radius 2 is 1.64 bits per heavy atom. The zero-order valence-electron chi connectivity index (χ0n) is 10.5. The normalized spacial score (nSPS) is 13.9. The average Bonchev–Trinajstić information content (AvgIpc) is 2.08. The second kappa shape index (κ2) is 8.25. The van der Waals surface area contributed by atoms with Gasteiger partial charge < -0.3 is 10.1 Å². The Balaban J connectivity index is 3.22. The number of rotatable bonds is 8. The summed E-state index contributed by atoms with van der Waals surface area (Å²) in [5.74, 6) is 1.38. The van der Waals surface area contributed by atoms with Crippen LogP contribution in [0.2, 0.25) is 0 Å². The van der Waals surface area contributed by atoms with Crippen molar-refractivity contribution in [3.63, 3.8) is 0 Å². The quantitative estimate of drug-likeness (QED) is 0.610. The molecule has 0 radical (unpaired) electrons. The molecule has 0 rings (SSSR count). The van der Waals surface area contributed by atoms with Crippen molar-refractivity contribution in [2.45, 2.75) is 47.1 Å². The third-order valence-corrected chi connectivity index (χ3v) is 1.99. The standard InChI is InChI=1S/C12H27NO/c1-10(2)8-13-7-6-12(5)14-9-11(3)4/h10-13H,6-9H2,1-5H3. The summed E-state index contributed by atoms with van der Waals surface area (Å²) in [6.07, 6.45) is 1.50. The first kappa shape index (κ1) is 13.9. The molecule has 0 aromatic heterocycles. The molecule has 14 heavy (non-hydrogen) atoms. The smallest absolute Gasteiger partial charge is 0.0559 e. The van der Waals surface area contributed by atoms with Gasteiger partial charge in [-0.25, -0.2) is 0 Å². The molecule has 1 N–H and O–H groups in total. The molecule has 1 atom stereocenters. The van der Waals surface area contributed by atoms with Crippen molar-refractivity contribution in [2.75, 3.05) is 19.7 Å². The van der Waals surface area contributed by atoms with E-state index in [1.54, 1.807) is 0 Å². The minimum atomic E-state index is 0.386. The van der Waals surface area contributed by atoms with Gasteiger partial charge in [0.05, 0.1) is 6.10 Å². The summed E-state index contributed by atoms with van der Waals surface area (Å²) in [4.78, 5) is 0. The highest BCUT2D eigenvalue weighted by Crippen LogP contribution is 2.00. The van der Waals surface area contributed by atoms with E-state index in [4.69, 9.17) is 4.74 Å². The van der Waals surface area contributed by atoms with Crippen LogP contribution in [0.4, 0.5) is 0 Å². The number of nitrogens with one attached hydrogen (secondary N) is 1. The van der Waals surface area contributed by atoms with Crippen LogP contribution < -0.4 is 5.32 Å². The monoisotopic (exact) mass is 201 g/mol. The van der Waals surface area contributed by atoms with Crippen LogP contribution in [0.3, 0.4) is 0 Å². The van der Waals surface area contributed by atoms with Gasteiger partial charge in [0.1, 0.15) is 0 Å². The molecule has 0 fully saturated rings. The Kier molecular flexibility index (Phi) is 8.20. The zero-order chi connectivity index (χ0) is 11.0. The lowest BCUT2D eigenvalue weighted by Gasteiger charge is -2.15. The third kappa shape index (κ3) is 10.0. The van der Waals surface area contributed by atoms with Crippen LogP contribution in [0.5, 0.6) is 0 Å². The molecular formula is C12H27NO. The van der Waals surface area contributed by atoms with Crippen LogP contribution >= 0.6 is 0 Å². The second-order valence-corrected chi connectivity index (χ2v) is 4.92. The lowest BCUT2D eigenvalue weighted by Crippen LogP contribution is -2.24. The summed E-state index contributed by atoms with van der Waals surface area (Å²) in [6.45, 7) is 14.0. The maximum atomic E-state index is 5.67. The highest BCUT2D eigenvalue weighted by molar-refractivity contribution is 4.56. The van der Waals surface area contributed by atoms with Gasteiger partial charge in [-0.15, -0.1) is 0 Å². The van der Waals surface area contributed by atoms with E-state index < -0.39 is 0 Å². The van der Waals surface area contributed by atoms with E-state index in [1.807, 2.05) is 0 Å². The third-order valence-electron chi connectivity index (χ3n) is 1.99. The molecule has 1 unspecified atom stereocenters. The Labute approximate surface area is 89.4 Å². The van der Waals surface area contributed by atoms with Gasteiger partial charge in [-0.3, -0.25) is 0 Å². The summed E-state index contributed by atoms with van der Waals surface area (Å²) in [5.41, 5.74) is 0. The van der Waals surface area contributed by atoms with E-state index in [-0.39, 0.29) is 0 Å². The molecule has 0 aromatic rings. The fourth-order valence-electron chi connectivity index (χ4n) is 1.14. The van der Waals surface area contributed by atoms with Crippen molar-refractivity contribution in [3.8, 4) is 0 Å². The second-order valence-electron chi connectivity index (χ2n) is 4.92. The Morgan fingerprint density at radius 1 is 1.00 bits per heavy atom. The van der Waals surface area contributed by atoms with Crippen LogP contribution in [0.1, 0.15) is 41.0 Å². The fourth-order valence-corrected chi connectivity index (χ4v) is 1.14. The van der Waals surface area contributed by atoms with Gasteiger partial charge in [0.25, 0.3) is 0 Å². The first-order chi connectivity index (χ1) is 6.52. The zero-order valence-corrected chi connectivity index (χ0v) is 10.5. The lowest BCUT2D eigenvalue weighted by atomic mass is 10.2. The molecule has 0 aromatic carbocycles.